The van der Waals surface area contributed by atoms with E-state index in [1.165, 1.54) is 23.0 Å². The third-order valence-electron chi connectivity index (χ3n) is 4.27. The van der Waals surface area contributed by atoms with E-state index in [0.29, 0.717) is 6.42 Å². The molecule has 0 bridgehead atoms. The molecule has 2 aromatic heterocycles. The number of carbonyl (C=O) groups is 1. The first kappa shape index (κ1) is 18.2. The molecule has 0 spiro atoms. The summed E-state index contributed by atoms with van der Waals surface area (Å²) in [7, 11) is 0. The fourth-order valence-electron chi connectivity index (χ4n) is 2.78. The van der Waals surface area contributed by atoms with E-state index in [2.05, 4.69) is 21.8 Å². The number of aromatic carboxylic acids is 1. The number of oxazole rings is 1. The molecule has 1 N–H and O–H groups in total. The van der Waals surface area contributed by atoms with E-state index < -0.39 is 5.97 Å². The van der Waals surface area contributed by atoms with Crippen molar-refractivity contribution in [3.05, 3.63) is 93.9 Å². The number of carboxylic acids is 1. The Bertz CT molecular complexity index is 1290. The Morgan fingerprint density at radius 3 is 2.55 bits per heavy atom. The topological polar surface area (TPSA) is 98.2 Å². The Kier molecular flexibility index (Phi) is 4.91. The van der Waals surface area contributed by atoms with E-state index in [-0.39, 0.29) is 34.8 Å². The molecule has 7 heteroatoms. The van der Waals surface area contributed by atoms with Crippen LogP contribution in [0, 0.1) is 11.8 Å². The van der Waals surface area contributed by atoms with Crippen LogP contribution in [-0.4, -0.2) is 25.6 Å². The lowest BCUT2D eigenvalue weighted by Crippen LogP contribution is -2.21. The molecule has 0 aliphatic rings. The molecule has 0 atom stereocenters. The molecule has 4 aromatic rings. The lowest BCUT2D eigenvalue weighted by Gasteiger charge is -2.05. The molecular weight excluding hydrogens is 370 g/mol. The zero-order valence-electron chi connectivity index (χ0n) is 15.2. The maximum absolute atomic E-state index is 12.7. The molecule has 0 radical (unpaired) electrons. The van der Waals surface area contributed by atoms with Crippen LogP contribution in [0.15, 0.2) is 70.1 Å². The second-order valence-electron chi connectivity index (χ2n) is 6.32. The van der Waals surface area contributed by atoms with Crippen molar-refractivity contribution in [3.63, 3.8) is 0 Å². The van der Waals surface area contributed by atoms with E-state index in [4.69, 9.17) is 9.52 Å². The SMILES string of the molecule is O=C(O)c1ccc(Cn2cnc3oc(C#CCc4ccccc4)nc3c2=O)cc1. The zero-order valence-corrected chi connectivity index (χ0v) is 15.2. The smallest absolute Gasteiger partial charge is 0.335 e. The average molecular weight is 385 g/mol. The monoisotopic (exact) mass is 385 g/mol. The first-order valence-corrected chi connectivity index (χ1v) is 8.81. The van der Waals surface area contributed by atoms with Crippen LogP contribution in [0.2, 0.25) is 0 Å². The minimum atomic E-state index is -1.000. The maximum atomic E-state index is 12.7. The van der Waals surface area contributed by atoms with Crippen molar-refractivity contribution in [2.24, 2.45) is 0 Å². The summed E-state index contributed by atoms with van der Waals surface area (Å²) >= 11 is 0. The fourth-order valence-corrected chi connectivity index (χ4v) is 2.78. The number of nitrogens with zero attached hydrogens (tertiary/aromatic N) is 3. The van der Waals surface area contributed by atoms with Crippen LogP contribution in [0.3, 0.4) is 0 Å². The number of benzene rings is 2. The molecule has 0 aliphatic heterocycles. The van der Waals surface area contributed by atoms with Gasteiger partial charge >= 0.3 is 5.97 Å². The van der Waals surface area contributed by atoms with Gasteiger partial charge in [-0.2, -0.15) is 4.98 Å². The van der Waals surface area contributed by atoms with Gasteiger partial charge in [0.15, 0.2) is 5.52 Å². The van der Waals surface area contributed by atoms with Gasteiger partial charge in [-0.05, 0) is 29.2 Å². The maximum Gasteiger partial charge on any atom is 0.335 e. The summed E-state index contributed by atoms with van der Waals surface area (Å²) in [5.41, 5.74) is 1.92. The molecule has 0 unspecified atom stereocenters. The van der Waals surface area contributed by atoms with Gasteiger partial charge in [0.05, 0.1) is 12.1 Å². The zero-order chi connectivity index (χ0) is 20.2. The highest BCUT2D eigenvalue weighted by molar-refractivity contribution is 5.87. The first-order valence-electron chi connectivity index (χ1n) is 8.81. The number of fused-ring (bicyclic) bond motifs is 1. The third-order valence-corrected chi connectivity index (χ3v) is 4.27. The van der Waals surface area contributed by atoms with Crippen molar-refractivity contribution in [3.8, 4) is 11.8 Å². The molecule has 0 amide bonds. The number of carboxylic acid groups (broad SMARTS) is 1. The second-order valence-corrected chi connectivity index (χ2v) is 6.32. The predicted octanol–water partition coefficient (Wildman–Crippen LogP) is 2.73. The van der Waals surface area contributed by atoms with Gasteiger partial charge in [0, 0.05) is 6.42 Å². The summed E-state index contributed by atoms with van der Waals surface area (Å²) < 4.78 is 6.85. The summed E-state index contributed by atoms with van der Waals surface area (Å²) in [5, 5.41) is 8.96. The Labute approximate surface area is 165 Å². The molecule has 0 fully saturated rings. The molecule has 29 heavy (non-hydrogen) atoms. The van der Waals surface area contributed by atoms with Gasteiger partial charge in [0.1, 0.15) is 6.33 Å². The minimum Gasteiger partial charge on any atom is -0.478 e. The van der Waals surface area contributed by atoms with Crippen molar-refractivity contribution in [2.75, 3.05) is 0 Å². The van der Waals surface area contributed by atoms with Crippen LogP contribution in [-0.2, 0) is 13.0 Å². The first-order chi connectivity index (χ1) is 14.1. The van der Waals surface area contributed by atoms with E-state index in [9.17, 15) is 9.59 Å². The van der Waals surface area contributed by atoms with Crippen molar-refractivity contribution in [1.29, 1.82) is 0 Å². The van der Waals surface area contributed by atoms with E-state index in [1.54, 1.807) is 12.1 Å². The van der Waals surface area contributed by atoms with Gasteiger partial charge in [-0.15, -0.1) is 0 Å². The van der Waals surface area contributed by atoms with Gasteiger partial charge in [0.2, 0.25) is 0 Å². The van der Waals surface area contributed by atoms with Gasteiger partial charge in [-0.3, -0.25) is 9.36 Å². The van der Waals surface area contributed by atoms with Crippen LogP contribution in [0.5, 0.6) is 0 Å². The summed E-state index contributed by atoms with van der Waals surface area (Å²) in [6, 6.07) is 16.1. The molecule has 142 valence electrons. The Morgan fingerprint density at radius 2 is 1.83 bits per heavy atom. The molecule has 2 aromatic carbocycles. The number of rotatable bonds is 4. The van der Waals surface area contributed by atoms with E-state index in [1.807, 2.05) is 30.3 Å². The standard InChI is InChI=1S/C22H15N3O4/c26-21-19-20(29-18(24-19)8-4-7-15-5-2-1-3-6-15)23-14-25(21)13-16-9-11-17(12-10-16)22(27)28/h1-3,5-6,9-12,14H,7,13H2,(H,27,28). The van der Waals surface area contributed by atoms with Crippen LogP contribution >= 0.6 is 0 Å². The number of hydrogen-bond donors (Lipinski definition) is 1. The third kappa shape index (κ3) is 4.06. The van der Waals surface area contributed by atoms with Crippen molar-refractivity contribution >= 4 is 17.2 Å². The van der Waals surface area contributed by atoms with Crippen LogP contribution in [0.1, 0.15) is 27.4 Å². The second kappa shape index (κ2) is 7.82. The predicted molar refractivity (Wildman–Crippen MR) is 106 cm³/mol. The molecule has 0 saturated heterocycles. The van der Waals surface area contributed by atoms with Crippen molar-refractivity contribution < 1.29 is 14.3 Å². The normalized spacial score (nSPS) is 10.5. The van der Waals surface area contributed by atoms with Crippen LogP contribution in [0.4, 0.5) is 0 Å². The number of aromatic nitrogens is 3. The highest BCUT2D eigenvalue weighted by Crippen LogP contribution is 2.10. The summed E-state index contributed by atoms with van der Waals surface area (Å²) in [6.45, 7) is 0.240. The van der Waals surface area contributed by atoms with Crippen LogP contribution < -0.4 is 5.56 Å². The highest BCUT2D eigenvalue weighted by Gasteiger charge is 2.12. The van der Waals surface area contributed by atoms with E-state index in [0.717, 1.165) is 11.1 Å². The summed E-state index contributed by atoms with van der Waals surface area (Å²) in [6.07, 6.45) is 1.92. The lowest BCUT2D eigenvalue weighted by atomic mass is 10.1. The molecule has 2 heterocycles. The minimum absolute atomic E-state index is 0.110. The van der Waals surface area contributed by atoms with Gasteiger partial charge < -0.3 is 9.52 Å². The molecule has 7 nitrogen and oxygen atoms in total. The Morgan fingerprint density at radius 1 is 1.07 bits per heavy atom. The number of hydrogen-bond acceptors (Lipinski definition) is 5. The molecular formula is C22H15N3O4. The average Bonchev–Trinajstić information content (AvgIpc) is 3.15. The quantitative estimate of drug-likeness (QED) is 0.543. The molecule has 0 saturated carbocycles. The Hall–Kier alpha value is -4.18. The molecule has 0 aliphatic carbocycles. The summed E-state index contributed by atoms with van der Waals surface area (Å²) in [5.74, 6) is 4.94. The largest absolute Gasteiger partial charge is 0.478 e. The fraction of sp³-hybridized carbons (Fsp3) is 0.0909. The summed E-state index contributed by atoms with van der Waals surface area (Å²) in [4.78, 5) is 31.9. The lowest BCUT2D eigenvalue weighted by molar-refractivity contribution is 0.0697. The van der Waals surface area contributed by atoms with Gasteiger partial charge in [0.25, 0.3) is 17.2 Å². The van der Waals surface area contributed by atoms with Gasteiger partial charge in [-0.25, -0.2) is 9.78 Å². The van der Waals surface area contributed by atoms with Crippen LogP contribution in [0.25, 0.3) is 11.2 Å². The highest BCUT2D eigenvalue weighted by atomic mass is 16.4. The Balaban J connectivity index is 1.56. The van der Waals surface area contributed by atoms with E-state index >= 15 is 0 Å². The molecule has 4 rings (SSSR count). The van der Waals surface area contributed by atoms with Crippen molar-refractivity contribution in [2.45, 2.75) is 13.0 Å². The van der Waals surface area contributed by atoms with Gasteiger partial charge in [-0.1, -0.05) is 48.4 Å². The van der Waals surface area contributed by atoms with Crippen molar-refractivity contribution in [1.82, 2.24) is 14.5 Å².